The van der Waals surface area contributed by atoms with Gasteiger partial charge in [0.25, 0.3) is 0 Å². The molecule has 1 heterocycles. The number of aromatic nitrogens is 1. The molecule has 19 heavy (non-hydrogen) atoms. The number of halogens is 2. The maximum absolute atomic E-state index is 6.16. The van der Waals surface area contributed by atoms with Crippen LogP contribution < -0.4 is 5.73 Å². The Labute approximate surface area is 128 Å². The van der Waals surface area contributed by atoms with Gasteiger partial charge in [0.2, 0.25) is 0 Å². The van der Waals surface area contributed by atoms with Gasteiger partial charge in [-0.25, -0.2) is 4.98 Å². The van der Waals surface area contributed by atoms with Crippen molar-refractivity contribution in [3.05, 3.63) is 45.9 Å². The van der Waals surface area contributed by atoms with Crippen LogP contribution in [0.2, 0.25) is 10.0 Å². The molecule has 0 spiro atoms. The zero-order valence-electron chi connectivity index (χ0n) is 9.56. The van der Waals surface area contributed by atoms with Crippen LogP contribution in [0.4, 0.5) is 5.69 Å². The summed E-state index contributed by atoms with van der Waals surface area (Å²) in [6.45, 7) is 0. The predicted octanol–water partition coefficient (Wildman–Crippen LogP) is 5.34. The number of hydrogen-bond acceptors (Lipinski definition) is 4. The van der Waals surface area contributed by atoms with Crippen LogP contribution in [-0.2, 0) is 0 Å². The van der Waals surface area contributed by atoms with Gasteiger partial charge in [0.05, 0.1) is 20.9 Å². The smallest absolute Gasteiger partial charge is 0.105 e. The number of benzene rings is 2. The number of nitrogen functional groups attached to an aromatic ring is 1. The van der Waals surface area contributed by atoms with E-state index < -0.39 is 0 Å². The Balaban J connectivity index is 2.05. The van der Waals surface area contributed by atoms with Gasteiger partial charge in [-0.05, 0) is 30.3 Å². The Morgan fingerprint density at radius 3 is 2.79 bits per heavy atom. The lowest BCUT2D eigenvalue weighted by atomic mass is 10.3. The number of fused-ring (bicyclic) bond motifs is 1. The van der Waals surface area contributed by atoms with E-state index in [0.717, 1.165) is 20.0 Å². The lowest BCUT2D eigenvalue weighted by molar-refractivity contribution is 1.40. The lowest BCUT2D eigenvalue weighted by Gasteiger charge is -2.07. The van der Waals surface area contributed by atoms with E-state index in [0.29, 0.717) is 15.7 Å². The summed E-state index contributed by atoms with van der Waals surface area (Å²) in [5.41, 5.74) is 9.46. The third-order valence-corrected chi connectivity index (χ3v) is 5.22. The van der Waals surface area contributed by atoms with Gasteiger partial charge in [-0.2, -0.15) is 0 Å². The van der Waals surface area contributed by atoms with Gasteiger partial charge in [0, 0.05) is 14.8 Å². The average molecular weight is 327 g/mol. The molecule has 0 bridgehead atoms. The fraction of sp³-hybridized carbons (Fsp3) is 0. The van der Waals surface area contributed by atoms with E-state index in [-0.39, 0.29) is 0 Å². The van der Waals surface area contributed by atoms with E-state index >= 15 is 0 Å². The molecule has 0 atom stereocenters. The van der Waals surface area contributed by atoms with Crippen LogP contribution in [0.1, 0.15) is 0 Å². The molecule has 0 unspecified atom stereocenters. The fourth-order valence-electron chi connectivity index (χ4n) is 1.70. The highest BCUT2D eigenvalue weighted by Gasteiger charge is 2.10. The molecule has 3 rings (SSSR count). The average Bonchev–Trinajstić information content (AvgIpc) is 2.86. The maximum atomic E-state index is 6.16. The van der Waals surface area contributed by atoms with Crippen molar-refractivity contribution in [3.63, 3.8) is 0 Å². The van der Waals surface area contributed by atoms with Crippen molar-refractivity contribution in [1.82, 2.24) is 4.98 Å². The van der Waals surface area contributed by atoms with Gasteiger partial charge in [-0.3, -0.25) is 0 Å². The molecule has 0 saturated carbocycles. The summed E-state index contributed by atoms with van der Waals surface area (Å²) in [7, 11) is 0. The first-order valence-corrected chi connectivity index (χ1v) is 7.85. The predicted molar refractivity (Wildman–Crippen MR) is 84.6 cm³/mol. The Bertz CT molecular complexity index is 755. The molecule has 0 aliphatic carbocycles. The number of hydrogen-bond donors (Lipinski definition) is 1. The molecule has 0 radical (unpaired) electrons. The van der Waals surface area contributed by atoms with E-state index in [1.54, 1.807) is 29.0 Å². The normalized spacial score (nSPS) is 11.1. The lowest BCUT2D eigenvalue weighted by Crippen LogP contribution is -1.90. The van der Waals surface area contributed by atoms with Crippen LogP contribution in [0.25, 0.3) is 10.2 Å². The van der Waals surface area contributed by atoms with E-state index in [4.69, 9.17) is 28.9 Å². The molecular weight excluding hydrogens is 319 g/mol. The minimum Gasteiger partial charge on any atom is -0.396 e. The van der Waals surface area contributed by atoms with Crippen molar-refractivity contribution in [1.29, 1.82) is 0 Å². The van der Waals surface area contributed by atoms with Crippen LogP contribution in [-0.4, -0.2) is 4.98 Å². The van der Waals surface area contributed by atoms with Crippen molar-refractivity contribution < 1.29 is 0 Å². The zero-order chi connectivity index (χ0) is 13.4. The SMILES string of the molecule is Nc1c(Sc2cc(Cl)ccc2Cl)ccc2scnc12. The maximum Gasteiger partial charge on any atom is 0.105 e. The molecule has 2 aromatic carbocycles. The number of thiazole rings is 1. The van der Waals surface area contributed by atoms with Gasteiger partial charge < -0.3 is 5.73 Å². The number of nitrogens with zero attached hydrogens (tertiary/aromatic N) is 1. The fourth-order valence-corrected chi connectivity index (χ4v) is 3.79. The molecule has 6 heteroatoms. The Morgan fingerprint density at radius 1 is 1.11 bits per heavy atom. The number of rotatable bonds is 2. The zero-order valence-corrected chi connectivity index (χ0v) is 12.7. The first-order valence-electron chi connectivity index (χ1n) is 5.40. The van der Waals surface area contributed by atoms with Crippen molar-refractivity contribution in [2.24, 2.45) is 0 Å². The van der Waals surface area contributed by atoms with E-state index in [2.05, 4.69) is 4.98 Å². The highest BCUT2D eigenvalue weighted by atomic mass is 35.5. The standard InChI is InChI=1S/C13H8Cl2N2S2/c14-7-1-2-8(15)11(5-7)19-9-3-4-10-13(12(9)16)17-6-18-10/h1-6H,16H2. The highest BCUT2D eigenvalue weighted by molar-refractivity contribution is 7.99. The number of nitrogens with two attached hydrogens (primary N) is 1. The second-order valence-corrected chi connectivity index (χ2v) is 6.67. The second-order valence-electron chi connectivity index (χ2n) is 3.85. The topological polar surface area (TPSA) is 38.9 Å². The third kappa shape index (κ3) is 2.54. The molecule has 0 saturated heterocycles. The summed E-state index contributed by atoms with van der Waals surface area (Å²) >= 11 is 15.2. The summed E-state index contributed by atoms with van der Waals surface area (Å²) < 4.78 is 1.08. The first kappa shape index (κ1) is 13.1. The molecule has 0 aliphatic rings. The molecule has 2 nitrogen and oxygen atoms in total. The summed E-state index contributed by atoms with van der Waals surface area (Å²) in [5.74, 6) is 0. The molecule has 96 valence electrons. The summed E-state index contributed by atoms with van der Waals surface area (Å²) in [6, 6.07) is 9.38. The van der Waals surface area contributed by atoms with Crippen molar-refractivity contribution in [3.8, 4) is 0 Å². The largest absolute Gasteiger partial charge is 0.396 e. The molecule has 0 aliphatic heterocycles. The first-order chi connectivity index (χ1) is 9.15. The van der Waals surface area contributed by atoms with E-state index in [1.807, 2.05) is 18.2 Å². The van der Waals surface area contributed by atoms with E-state index in [1.165, 1.54) is 11.8 Å². The highest BCUT2D eigenvalue weighted by Crippen LogP contribution is 2.40. The van der Waals surface area contributed by atoms with Crippen molar-refractivity contribution >= 4 is 62.2 Å². The van der Waals surface area contributed by atoms with Crippen molar-refractivity contribution in [2.75, 3.05) is 5.73 Å². The molecule has 2 N–H and O–H groups in total. The second kappa shape index (κ2) is 5.21. The monoisotopic (exact) mass is 326 g/mol. The molecule has 1 aromatic heterocycles. The van der Waals surface area contributed by atoms with Crippen molar-refractivity contribution in [2.45, 2.75) is 9.79 Å². The third-order valence-electron chi connectivity index (χ3n) is 2.61. The van der Waals surface area contributed by atoms with Gasteiger partial charge in [-0.15, -0.1) is 11.3 Å². The van der Waals surface area contributed by atoms with Gasteiger partial charge in [-0.1, -0.05) is 35.0 Å². The Morgan fingerprint density at radius 2 is 1.95 bits per heavy atom. The summed E-state index contributed by atoms with van der Waals surface area (Å²) in [5, 5.41) is 1.31. The van der Waals surface area contributed by atoms with Crippen LogP contribution in [0.3, 0.4) is 0 Å². The van der Waals surface area contributed by atoms with E-state index in [9.17, 15) is 0 Å². The van der Waals surface area contributed by atoms with Gasteiger partial charge in [0.1, 0.15) is 5.52 Å². The molecule has 3 aromatic rings. The van der Waals surface area contributed by atoms with Crippen LogP contribution in [0, 0.1) is 0 Å². The van der Waals surface area contributed by atoms with Gasteiger partial charge >= 0.3 is 0 Å². The minimum atomic E-state index is 0.653. The number of anilines is 1. The summed E-state index contributed by atoms with van der Waals surface area (Å²) in [6.07, 6.45) is 0. The minimum absolute atomic E-state index is 0.653. The summed E-state index contributed by atoms with van der Waals surface area (Å²) in [4.78, 5) is 6.10. The van der Waals surface area contributed by atoms with Crippen LogP contribution in [0.5, 0.6) is 0 Å². The Kier molecular flexibility index (Phi) is 3.58. The molecule has 0 fully saturated rings. The van der Waals surface area contributed by atoms with Crippen LogP contribution in [0.15, 0.2) is 45.6 Å². The Hall–Kier alpha value is -0.940. The molecular formula is C13H8Cl2N2S2. The quantitative estimate of drug-likeness (QED) is 0.646. The van der Waals surface area contributed by atoms with Crippen LogP contribution >= 0.6 is 46.3 Å². The molecule has 0 amide bonds. The van der Waals surface area contributed by atoms with Gasteiger partial charge in [0.15, 0.2) is 0 Å².